The quantitative estimate of drug-likeness (QED) is 0.625. The summed E-state index contributed by atoms with van der Waals surface area (Å²) in [7, 11) is 1.66. The Balaban J connectivity index is 5.20. The Morgan fingerprint density at radius 3 is 2.25 bits per heavy atom. The molecule has 0 spiro atoms. The first-order chi connectivity index (χ1) is 7.45. The van der Waals surface area contributed by atoms with E-state index in [0.29, 0.717) is 6.61 Å². The summed E-state index contributed by atoms with van der Waals surface area (Å²) in [6.45, 7) is 10.6. The van der Waals surface area contributed by atoms with Gasteiger partial charge in [-0.15, -0.1) is 6.58 Å². The second-order valence-corrected chi connectivity index (χ2v) is 4.76. The van der Waals surface area contributed by atoms with Gasteiger partial charge in [0.05, 0.1) is 13.2 Å². The summed E-state index contributed by atoms with van der Waals surface area (Å²) in [6.07, 6.45) is 3.47. The first kappa shape index (κ1) is 15.6. The monoisotopic (exact) mass is 229 g/mol. The van der Waals surface area contributed by atoms with Crippen molar-refractivity contribution in [2.45, 2.75) is 39.2 Å². The summed E-state index contributed by atoms with van der Waals surface area (Å²) in [6, 6.07) is 0. The zero-order valence-corrected chi connectivity index (χ0v) is 11.1. The van der Waals surface area contributed by atoms with Gasteiger partial charge in [-0.2, -0.15) is 0 Å². The van der Waals surface area contributed by atoms with Crippen LogP contribution in [0.25, 0.3) is 0 Å². The molecule has 0 rings (SSSR count). The van der Waals surface area contributed by atoms with Crippen molar-refractivity contribution in [2.24, 2.45) is 17.1 Å². The van der Waals surface area contributed by atoms with E-state index in [0.717, 1.165) is 12.8 Å². The van der Waals surface area contributed by atoms with Crippen molar-refractivity contribution in [1.29, 1.82) is 0 Å². The van der Waals surface area contributed by atoms with E-state index in [2.05, 4.69) is 20.4 Å². The third kappa shape index (κ3) is 2.65. The van der Waals surface area contributed by atoms with E-state index in [1.165, 1.54) is 0 Å². The molecule has 0 saturated carbocycles. The number of hydrogen-bond donors (Lipinski definition) is 2. The number of aliphatic hydroxyl groups is 1. The lowest BCUT2D eigenvalue weighted by molar-refractivity contribution is 0.00146. The Labute approximate surface area is 99.7 Å². The molecule has 3 unspecified atom stereocenters. The molecular weight excluding hydrogens is 202 g/mol. The van der Waals surface area contributed by atoms with Crippen molar-refractivity contribution in [3.8, 4) is 0 Å². The number of hydrogen-bond acceptors (Lipinski definition) is 3. The Morgan fingerprint density at radius 2 is 2.00 bits per heavy atom. The van der Waals surface area contributed by atoms with Crippen LogP contribution in [-0.2, 0) is 4.74 Å². The van der Waals surface area contributed by atoms with E-state index in [-0.39, 0.29) is 17.9 Å². The van der Waals surface area contributed by atoms with Gasteiger partial charge in [0.2, 0.25) is 0 Å². The second-order valence-electron chi connectivity index (χ2n) is 4.76. The van der Waals surface area contributed by atoms with Crippen molar-refractivity contribution in [1.82, 2.24) is 0 Å². The van der Waals surface area contributed by atoms with E-state index in [1.807, 2.05) is 13.0 Å². The van der Waals surface area contributed by atoms with Crippen molar-refractivity contribution in [3.05, 3.63) is 12.7 Å². The van der Waals surface area contributed by atoms with Crippen LogP contribution in [0, 0.1) is 11.3 Å². The first-order valence-electron chi connectivity index (χ1n) is 5.97. The Hall–Kier alpha value is -0.380. The smallest absolute Gasteiger partial charge is 0.0542 e. The molecule has 3 heteroatoms. The highest BCUT2D eigenvalue weighted by molar-refractivity contribution is 5.07. The topological polar surface area (TPSA) is 55.5 Å². The molecule has 0 aliphatic rings. The third-order valence-corrected chi connectivity index (χ3v) is 4.13. The summed E-state index contributed by atoms with van der Waals surface area (Å²) in [5, 5.41) is 9.61. The summed E-state index contributed by atoms with van der Waals surface area (Å²) in [5.41, 5.74) is 5.74. The molecule has 0 aromatic carbocycles. The van der Waals surface area contributed by atoms with Crippen molar-refractivity contribution >= 4 is 0 Å². The standard InChI is InChI=1S/C13H27NO2/c1-6-11(9-16-5)13(14,8-3)12(4,7-2)10-15/h6,11,15H,1,7-10,14H2,2-5H3. The number of methoxy groups -OCH3 is 1. The normalized spacial score (nSPS) is 20.9. The van der Waals surface area contributed by atoms with E-state index in [1.54, 1.807) is 7.11 Å². The summed E-state index contributed by atoms with van der Waals surface area (Å²) >= 11 is 0. The minimum atomic E-state index is -0.478. The zero-order valence-electron chi connectivity index (χ0n) is 11.1. The minimum absolute atomic E-state index is 0.0552. The van der Waals surface area contributed by atoms with Gasteiger partial charge in [0.15, 0.2) is 0 Å². The molecule has 96 valence electrons. The molecule has 0 aliphatic heterocycles. The lowest BCUT2D eigenvalue weighted by Crippen LogP contribution is -2.60. The molecule has 3 atom stereocenters. The molecular formula is C13H27NO2. The number of nitrogens with two attached hydrogens (primary N) is 1. The first-order valence-corrected chi connectivity index (χ1v) is 5.97. The van der Waals surface area contributed by atoms with Gasteiger partial charge in [-0.1, -0.05) is 26.8 Å². The summed E-state index contributed by atoms with van der Waals surface area (Å²) in [4.78, 5) is 0. The molecule has 0 aliphatic carbocycles. The maximum atomic E-state index is 9.61. The van der Waals surface area contributed by atoms with Crippen molar-refractivity contribution < 1.29 is 9.84 Å². The molecule has 0 saturated heterocycles. The van der Waals surface area contributed by atoms with Gasteiger partial charge in [0, 0.05) is 24.0 Å². The van der Waals surface area contributed by atoms with Gasteiger partial charge in [0.25, 0.3) is 0 Å². The Bertz CT molecular complexity index is 214. The van der Waals surface area contributed by atoms with Crippen LogP contribution in [0.1, 0.15) is 33.6 Å². The molecule has 0 bridgehead atoms. The van der Waals surface area contributed by atoms with Crippen molar-refractivity contribution in [2.75, 3.05) is 20.3 Å². The Kier molecular flexibility index (Phi) is 6.23. The maximum absolute atomic E-state index is 9.61. The fourth-order valence-electron chi connectivity index (χ4n) is 2.33. The highest BCUT2D eigenvalue weighted by Crippen LogP contribution is 2.40. The Morgan fingerprint density at radius 1 is 1.44 bits per heavy atom. The van der Waals surface area contributed by atoms with E-state index in [9.17, 15) is 5.11 Å². The predicted octanol–water partition coefficient (Wildman–Crippen LogP) is 1.95. The molecule has 0 heterocycles. The van der Waals surface area contributed by atoms with Gasteiger partial charge in [-0.3, -0.25) is 0 Å². The van der Waals surface area contributed by atoms with Crippen LogP contribution < -0.4 is 5.73 Å². The van der Waals surface area contributed by atoms with E-state index < -0.39 is 5.54 Å². The minimum Gasteiger partial charge on any atom is -0.396 e. The average molecular weight is 229 g/mol. The molecule has 0 amide bonds. The van der Waals surface area contributed by atoms with Crippen LogP contribution in [0.4, 0.5) is 0 Å². The second kappa shape index (κ2) is 6.38. The zero-order chi connectivity index (χ0) is 12.8. The number of aliphatic hydroxyl groups excluding tert-OH is 1. The van der Waals surface area contributed by atoms with Crippen molar-refractivity contribution in [3.63, 3.8) is 0 Å². The summed E-state index contributed by atoms with van der Waals surface area (Å²) < 4.78 is 5.19. The van der Waals surface area contributed by atoms with Crippen LogP contribution in [0.5, 0.6) is 0 Å². The molecule has 3 N–H and O–H groups in total. The maximum Gasteiger partial charge on any atom is 0.0542 e. The lowest BCUT2D eigenvalue weighted by atomic mass is 9.62. The van der Waals surface area contributed by atoms with Crippen LogP contribution in [-0.4, -0.2) is 31.0 Å². The number of ether oxygens (including phenoxy) is 1. The molecule has 0 aromatic heterocycles. The average Bonchev–Trinajstić information content (AvgIpc) is 2.33. The lowest BCUT2D eigenvalue weighted by Gasteiger charge is -2.48. The van der Waals surface area contributed by atoms with E-state index in [4.69, 9.17) is 10.5 Å². The van der Waals surface area contributed by atoms with Crippen LogP contribution >= 0.6 is 0 Å². The molecule has 3 nitrogen and oxygen atoms in total. The highest BCUT2D eigenvalue weighted by Gasteiger charge is 2.46. The molecule has 0 fully saturated rings. The number of rotatable bonds is 8. The van der Waals surface area contributed by atoms with Gasteiger partial charge >= 0.3 is 0 Å². The van der Waals surface area contributed by atoms with Gasteiger partial charge in [0.1, 0.15) is 0 Å². The van der Waals surface area contributed by atoms with Gasteiger partial charge < -0.3 is 15.6 Å². The van der Waals surface area contributed by atoms with Gasteiger partial charge in [-0.25, -0.2) is 0 Å². The third-order valence-electron chi connectivity index (χ3n) is 4.13. The predicted molar refractivity (Wildman–Crippen MR) is 68.3 cm³/mol. The SMILES string of the molecule is C=CC(COC)C(N)(CC)C(C)(CC)CO. The fraction of sp³-hybridized carbons (Fsp3) is 0.846. The highest BCUT2D eigenvalue weighted by atomic mass is 16.5. The summed E-state index contributed by atoms with van der Waals surface area (Å²) in [5.74, 6) is 0.0552. The fourth-order valence-corrected chi connectivity index (χ4v) is 2.33. The van der Waals surface area contributed by atoms with Crippen LogP contribution in [0.3, 0.4) is 0 Å². The molecule has 0 aromatic rings. The van der Waals surface area contributed by atoms with Crippen LogP contribution in [0.2, 0.25) is 0 Å². The van der Waals surface area contributed by atoms with Gasteiger partial charge in [-0.05, 0) is 12.8 Å². The molecule has 0 radical (unpaired) electrons. The largest absolute Gasteiger partial charge is 0.396 e. The van der Waals surface area contributed by atoms with Crippen LogP contribution in [0.15, 0.2) is 12.7 Å². The van der Waals surface area contributed by atoms with E-state index >= 15 is 0 Å². The molecule has 16 heavy (non-hydrogen) atoms.